The van der Waals surface area contributed by atoms with Gasteiger partial charge in [-0.05, 0) is 34.6 Å². The molecule has 2 aliphatic rings. The van der Waals surface area contributed by atoms with Gasteiger partial charge in [0.15, 0.2) is 12.1 Å². The van der Waals surface area contributed by atoms with Gasteiger partial charge < -0.3 is 24.1 Å². The van der Waals surface area contributed by atoms with Gasteiger partial charge >= 0.3 is 5.97 Å². The van der Waals surface area contributed by atoms with Crippen LogP contribution in [0.4, 0.5) is 0 Å². The molecule has 0 amide bonds. The van der Waals surface area contributed by atoms with Gasteiger partial charge in [0, 0.05) is 0 Å². The lowest BCUT2D eigenvalue weighted by molar-refractivity contribution is -0.225. The highest BCUT2D eigenvalue weighted by Gasteiger charge is 2.55. The molecule has 2 aliphatic heterocycles. The van der Waals surface area contributed by atoms with Crippen LogP contribution in [0.25, 0.3) is 0 Å². The largest absolute Gasteiger partial charge is 0.462 e. The van der Waals surface area contributed by atoms with Crippen molar-refractivity contribution < 1.29 is 28.8 Å². The average molecular weight is 274 g/mol. The van der Waals surface area contributed by atoms with Crippen LogP contribution in [0.5, 0.6) is 0 Å². The van der Waals surface area contributed by atoms with Gasteiger partial charge in [0.2, 0.25) is 0 Å². The molecule has 0 bridgehead atoms. The Morgan fingerprint density at radius 1 is 1.26 bits per heavy atom. The van der Waals surface area contributed by atoms with Crippen molar-refractivity contribution in [3.8, 4) is 0 Å². The van der Waals surface area contributed by atoms with Crippen molar-refractivity contribution in [1.29, 1.82) is 0 Å². The molecule has 19 heavy (non-hydrogen) atoms. The Labute approximate surface area is 113 Å². The fourth-order valence-corrected chi connectivity index (χ4v) is 2.17. The van der Waals surface area contributed by atoms with Crippen molar-refractivity contribution in [2.24, 2.45) is 5.41 Å². The van der Waals surface area contributed by atoms with Crippen molar-refractivity contribution in [2.45, 2.75) is 65.0 Å². The molecule has 0 aromatic carbocycles. The first-order valence-corrected chi connectivity index (χ1v) is 6.46. The topological polar surface area (TPSA) is 74.2 Å². The van der Waals surface area contributed by atoms with E-state index in [1.165, 1.54) is 0 Å². The number of hydrogen-bond donors (Lipinski definition) is 1. The molecule has 0 aromatic heterocycles. The van der Waals surface area contributed by atoms with Crippen LogP contribution in [-0.2, 0) is 23.7 Å². The molecule has 0 aromatic rings. The van der Waals surface area contributed by atoms with Crippen LogP contribution in [0.2, 0.25) is 0 Å². The number of aliphatic hydroxyl groups excluding tert-OH is 1. The van der Waals surface area contributed by atoms with Crippen LogP contribution in [0, 0.1) is 5.41 Å². The molecule has 0 radical (unpaired) electrons. The van der Waals surface area contributed by atoms with Crippen LogP contribution in [0.3, 0.4) is 0 Å². The maximum absolute atomic E-state index is 11.7. The van der Waals surface area contributed by atoms with Crippen LogP contribution >= 0.6 is 0 Å². The SMILES string of the molecule is CC1(C)O[C@@H]2[C@@H](COC(=O)C(C)(C)C)OC(O)[C@@H]2O1. The van der Waals surface area contributed by atoms with E-state index in [1.807, 2.05) is 0 Å². The Bertz CT molecular complexity index is 359. The predicted molar refractivity (Wildman–Crippen MR) is 65.1 cm³/mol. The number of carbonyl (C=O) groups excluding carboxylic acids is 1. The third-order valence-corrected chi connectivity index (χ3v) is 3.12. The fourth-order valence-electron chi connectivity index (χ4n) is 2.17. The summed E-state index contributed by atoms with van der Waals surface area (Å²) < 4.78 is 21.7. The lowest BCUT2D eigenvalue weighted by Gasteiger charge is -2.23. The Balaban J connectivity index is 1.94. The van der Waals surface area contributed by atoms with Crippen LogP contribution < -0.4 is 0 Å². The van der Waals surface area contributed by atoms with E-state index in [0.717, 1.165) is 0 Å². The number of carbonyl (C=O) groups is 1. The van der Waals surface area contributed by atoms with E-state index in [9.17, 15) is 9.90 Å². The average Bonchev–Trinajstić information content (AvgIpc) is 2.70. The first-order chi connectivity index (χ1) is 8.60. The summed E-state index contributed by atoms with van der Waals surface area (Å²) in [5.74, 6) is -1.07. The minimum absolute atomic E-state index is 0.0494. The molecule has 0 aliphatic carbocycles. The van der Waals surface area contributed by atoms with Gasteiger partial charge in [0.1, 0.15) is 24.9 Å². The lowest BCUT2D eigenvalue weighted by Crippen LogP contribution is -2.35. The zero-order valence-electron chi connectivity index (χ0n) is 12.0. The monoisotopic (exact) mass is 274 g/mol. The van der Waals surface area contributed by atoms with Crippen molar-refractivity contribution in [2.75, 3.05) is 6.61 Å². The van der Waals surface area contributed by atoms with Gasteiger partial charge in [-0.1, -0.05) is 0 Å². The second-order valence-corrected chi connectivity index (χ2v) is 6.48. The van der Waals surface area contributed by atoms with Crippen molar-refractivity contribution in [3.63, 3.8) is 0 Å². The summed E-state index contributed by atoms with van der Waals surface area (Å²) in [5.41, 5.74) is -0.567. The quantitative estimate of drug-likeness (QED) is 0.751. The minimum atomic E-state index is -1.05. The lowest BCUT2D eigenvalue weighted by atomic mass is 9.97. The molecular weight excluding hydrogens is 252 g/mol. The molecule has 0 spiro atoms. The van der Waals surface area contributed by atoms with E-state index in [-0.39, 0.29) is 12.6 Å². The number of esters is 1. The predicted octanol–water partition coefficient (Wildman–Crippen LogP) is 0.813. The molecule has 2 saturated heterocycles. The fraction of sp³-hybridized carbons (Fsp3) is 0.923. The van der Waals surface area contributed by atoms with E-state index in [1.54, 1.807) is 34.6 Å². The summed E-state index contributed by atoms with van der Waals surface area (Å²) in [4.78, 5) is 11.7. The van der Waals surface area contributed by atoms with E-state index < -0.39 is 35.8 Å². The Kier molecular flexibility index (Phi) is 3.64. The summed E-state index contributed by atoms with van der Waals surface area (Å²) in [5, 5.41) is 9.76. The van der Waals surface area contributed by atoms with E-state index in [0.29, 0.717) is 0 Å². The van der Waals surface area contributed by atoms with Crippen LogP contribution in [0.1, 0.15) is 34.6 Å². The molecule has 0 saturated carbocycles. The number of fused-ring (bicyclic) bond motifs is 1. The first kappa shape index (κ1) is 14.7. The summed E-state index contributed by atoms with van der Waals surface area (Å²) in [6, 6.07) is 0. The molecule has 2 heterocycles. The first-order valence-electron chi connectivity index (χ1n) is 6.46. The molecule has 110 valence electrons. The van der Waals surface area contributed by atoms with E-state index >= 15 is 0 Å². The number of rotatable bonds is 2. The molecule has 2 fully saturated rings. The zero-order chi connectivity index (χ0) is 14.4. The Morgan fingerprint density at radius 2 is 1.84 bits per heavy atom. The summed E-state index contributed by atoms with van der Waals surface area (Å²) >= 11 is 0. The second-order valence-electron chi connectivity index (χ2n) is 6.48. The minimum Gasteiger partial charge on any atom is -0.462 e. The standard InChI is InChI=1S/C13H22O6/c1-12(2,3)11(15)16-6-7-8-9(10(14)17-7)19-13(4,5)18-8/h7-10,14H,6H2,1-5H3/t7-,8-,9-,10?/m1/s1. The smallest absolute Gasteiger partial charge is 0.311 e. The van der Waals surface area contributed by atoms with E-state index in [4.69, 9.17) is 18.9 Å². The third kappa shape index (κ3) is 3.08. The molecule has 6 heteroatoms. The van der Waals surface area contributed by atoms with Gasteiger partial charge in [-0.15, -0.1) is 0 Å². The number of aliphatic hydroxyl groups is 1. The summed E-state index contributed by atoms with van der Waals surface area (Å²) in [6.45, 7) is 8.93. The summed E-state index contributed by atoms with van der Waals surface area (Å²) in [7, 11) is 0. The normalized spacial score (nSPS) is 37.2. The Morgan fingerprint density at radius 3 is 2.42 bits per heavy atom. The Hall–Kier alpha value is -0.690. The van der Waals surface area contributed by atoms with Crippen molar-refractivity contribution >= 4 is 5.97 Å². The number of ether oxygens (including phenoxy) is 4. The second kappa shape index (κ2) is 4.70. The molecule has 4 atom stereocenters. The molecular formula is C13H22O6. The zero-order valence-corrected chi connectivity index (χ0v) is 12.0. The highest BCUT2D eigenvalue weighted by Crippen LogP contribution is 2.38. The van der Waals surface area contributed by atoms with Gasteiger partial charge in [-0.2, -0.15) is 0 Å². The van der Waals surface area contributed by atoms with Gasteiger partial charge in [0.05, 0.1) is 5.41 Å². The van der Waals surface area contributed by atoms with E-state index in [2.05, 4.69) is 0 Å². The summed E-state index contributed by atoms with van der Waals surface area (Å²) in [6.07, 6.45) is -2.51. The molecule has 6 nitrogen and oxygen atoms in total. The molecule has 1 N–H and O–H groups in total. The van der Waals surface area contributed by atoms with Gasteiger partial charge in [0.25, 0.3) is 0 Å². The highest BCUT2D eigenvalue weighted by molar-refractivity contribution is 5.75. The maximum Gasteiger partial charge on any atom is 0.311 e. The third-order valence-electron chi connectivity index (χ3n) is 3.12. The maximum atomic E-state index is 11.7. The number of hydrogen-bond acceptors (Lipinski definition) is 6. The van der Waals surface area contributed by atoms with Crippen molar-refractivity contribution in [1.82, 2.24) is 0 Å². The molecule has 2 rings (SSSR count). The van der Waals surface area contributed by atoms with Gasteiger partial charge in [-0.3, -0.25) is 4.79 Å². The van der Waals surface area contributed by atoms with Crippen molar-refractivity contribution in [3.05, 3.63) is 0 Å². The molecule has 1 unspecified atom stereocenters. The van der Waals surface area contributed by atoms with Gasteiger partial charge in [-0.25, -0.2) is 0 Å². The highest BCUT2D eigenvalue weighted by atomic mass is 16.8. The van der Waals surface area contributed by atoms with Crippen LogP contribution in [0.15, 0.2) is 0 Å². The van der Waals surface area contributed by atoms with Crippen LogP contribution in [-0.4, -0.2) is 48.1 Å².